The first-order valence-electron chi connectivity index (χ1n) is 2.00. The van der Waals surface area contributed by atoms with Crippen LogP contribution in [-0.4, -0.2) is 36.9 Å². The molecule has 0 aromatic rings. The van der Waals surface area contributed by atoms with E-state index in [1.807, 2.05) is 0 Å². The summed E-state index contributed by atoms with van der Waals surface area (Å²) in [6.45, 7) is 0. The van der Waals surface area contributed by atoms with Crippen molar-refractivity contribution in [3.63, 3.8) is 0 Å². The van der Waals surface area contributed by atoms with E-state index < -0.39 is 30.1 Å². The van der Waals surface area contributed by atoms with Gasteiger partial charge in [-0.2, -0.15) is 0 Å². The van der Waals surface area contributed by atoms with Crippen LogP contribution in [0, 0.1) is 0 Å². The van der Waals surface area contributed by atoms with Crippen LogP contribution in [0.25, 0.3) is 0 Å². The molecule has 0 aromatic carbocycles. The molecule has 0 aliphatic rings. The Kier molecular flexibility index (Phi) is 10.4. The summed E-state index contributed by atoms with van der Waals surface area (Å²) in [5, 5.41) is 14.8. The molecule has 12 heavy (non-hydrogen) atoms. The van der Waals surface area contributed by atoms with Crippen molar-refractivity contribution in [3.8, 4) is 0 Å². The predicted octanol–water partition coefficient (Wildman–Crippen LogP) is -2.91. The van der Waals surface area contributed by atoms with Gasteiger partial charge in [0.05, 0.1) is 0 Å². The molecule has 0 radical (unpaired) electrons. The number of aliphatic carboxylic acids is 2. The molecule has 0 saturated heterocycles. The fraction of sp³-hybridized carbons (Fsp3) is 0. The molecular formula is C2H9NO8Ti. The van der Waals surface area contributed by atoms with Crippen molar-refractivity contribution in [1.82, 2.24) is 6.15 Å². The second-order valence-corrected chi connectivity index (χ2v) is 3.08. The van der Waals surface area contributed by atoms with E-state index in [0.717, 1.165) is 0 Å². The number of carboxylic acids is 2. The molecule has 0 unspecified atom stereocenters. The van der Waals surface area contributed by atoms with Gasteiger partial charge in [0.25, 0.3) is 0 Å². The predicted molar refractivity (Wildman–Crippen MR) is 29.2 cm³/mol. The van der Waals surface area contributed by atoms with E-state index in [2.05, 4.69) is 0 Å². The second kappa shape index (κ2) is 7.12. The molecule has 0 spiro atoms. The molecule has 74 valence electrons. The first-order valence-corrected chi connectivity index (χ1v) is 4.79. The van der Waals surface area contributed by atoms with E-state index in [0.29, 0.717) is 0 Å². The van der Waals surface area contributed by atoms with Crippen molar-refractivity contribution in [2.45, 2.75) is 0 Å². The van der Waals surface area contributed by atoms with Gasteiger partial charge in [-0.3, -0.25) is 0 Å². The SMILES string of the molecule is N.O=C(O)C(=O)O.[OH][Ti]([OH])([OH])[OH]. The summed E-state index contributed by atoms with van der Waals surface area (Å²) in [6, 6.07) is 0. The molecule has 0 aliphatic carbocycles. The summed E-state index contributed by atoms with van der Waals surface area (Å²) in [4.78, 5) is 18.2. The molecule has 9 N–H and O–H groups in total. The number of hydrogen-bond acceptors (Lipinski definition) is 7. The Morgan fingerprint density at radius 3 is 0.917 bits per heavy atom. The summed E-state index contributed by atoms with van der Waals surface area (Å²) >= 11 is -5.00. The molecule has 0 aliphatic heterocycles. The van der Waals surface area contributed by atoms with Gasteiger partial charge in [-0.15, -0.1) is 0 Å². The third kappa shape index (κ3) is 56.6. The molecule has 0 amide bonds. The fourth-order valence-corrected chi connectivity index (χ4v) is 0. The average molecular weight is 223 g/mol. The zero-order chi connectivity index (χ0) is 9.65. The molecule has 0 bridgehead atoms. The third-order valence-corrected chi connectivity index (χ3v) is 0.183. The van der Waals surface area contributed by atoms with E-state index in [4.69, 9.17) is 34.6 Å². The quantitative estimate of drug-likeness (QED) is 0.166. The monoisotopic (exact) mass is 223 g/mol. The van der Waals surface area contributed by atoms with Crippen LogP contribution in [0.3, 0.4) is 0 Å². The molecule has 0 atom stereocenters. The Balaban J connectivity index is -0.000000126. The van der Waals surface area contributed by atoms with E-state index in [9.17, 15) is 0 Å². The summed E-state index contributed by atoms with van der Waals surface area (Å²) < 4.78 is 29.5. The third-order valence-electron chi connectivity index (χ3n) is 0.183. The van der Waals surface area contributed by atoms with Crippen LogP contribution in [0.5, 0.6) is 0 Å². The van der Waals surface area contributed by atoms with Crippen LogP contribution in [0.4, 0.5) is 0 Å². The van der Waals surface area contributed by atoms with Gasteiger partial charge in [0.2, 0.25) is 0 Å². The number of carboxylic acid groups (broad SMARTS) is 2. The molecule has 9 nitrogen and oxygen atoms in total. The van der Waals surface area contributed by atoms with E-state index in [1.54, 1.807) is 0 Å². The van der Waals surface area contributed by atoms with Crippen LogP contribution >= 0.6 is 0 Å². The Labute approximate surface area is 71.4 Å². The van der Waals surface area contributed by atoms with Crippen molar-refractivity contribution < 1.29 is 52.7 Å². The zero-order valence-electron chi connectivity index (χ0n) is 5.71. The molecule has 0 saturated carbocycles. The molecular weight excluding hydrogens is 214 g/mol. The standard InChI is InChI=1S/C2H2O4.H3N.4H2O.Ti/c3-1(4)2(5)6;;;;;;/h(H,3,4)(H,5,6);1H3;4*1H2;/q;;;;;;+4/p-4. The van der Waals surface area contributed by atoms with E-state index in [-0.39, 0.29) is 6.15 Å². The summed E-state index contributed by atoms with van der Waals surface area (Å²) in [6.07, 6.45) is 0. The Morgan fingerprint density at radius 2 is 0.917 bits per heavy atom. The minimum absolute atomic E-state index is 0. The Bertz CT molecular complexity index is 132. The summed E-state index contributed by atoms with van der Waals surface area (Å²) in [7, 11) is 0. The summed E-state index contributed by atoms with van der Waals surface area (Å²) in [5.74, 6) is -3.65. The normalized spacial score (nSPS) is 8.67. The number of hydrogen-bond donors (Lipinski definition) is 7. The van der Waals surface area contributed by atoms with E-state index >= 15 is 0 Å². The van der Waals surface area contributed by atoms with Gasteiger partial charge in [0, 0.05) is 0 Å². The number of rotatable bonds is 0. The molecule has 0 fully saturated rings. The van der Waals surface area contributed by atoms with Gasteiger partial charge in [0.15, 0.2) is 0 Å². The maximum absolute atomic E-state index is 9.10. The van der Waals surface area contributed by atoms with Gasteiger partial charge in [0.1, 0.15) is 0 Å². The van der Waals surface area contributed by atoms with E-state index in [1.165, 1.54) is 0 Å². The zero-order valence-corrected chi connectivity index (χ0v) is 7.27. The maximum atomic E-state index is 9.10. The fourth-order valence-electron chi connectivity index (χ4n) is 0. The molecule has 0 aromatic heterocycles. The van der Waals surface area contributed by atoms with Gasteiger partial charge in [-0.1, -0.05) is 0 Å². The van der Waals surface area contributed by atoms with Gasteiger partial charge in [-0.25, -0.2) is 9.59 Å². The number of carbonyl (C=O) groups is 2. The summed E-state index contributed by atoms with van der Waals surface area (Å²) in [5.41, 5.74) is 0. The van der Waals surface area contributed by atoms with Crippen molar-refractivity contribution >= 4 is 11.9 Å². The first kappa shape index (κ1) is 17.5. The molecule has 10 heteroatoms. The van der Waals surface area contributed by atoms with Crippen molar-refractivity contribution in [3.05, 3.63) is 0 Å². The molecule has 0 rings (SSSR count). The Hall–Kier alpha value is -0.546. The van der Waals surface area contributed by atoms with Crippen LogP contribution in [0.1, 0.15) is 0 Å². The molecule has 0 heterocycles. The van der Waals surface area contributed by atoms with Crippen molar-refractivity contribution in [2.24, 2.45) is 0 Å². The minimum atomic E-state index is -5.00. The first-order chi connectivity index (χ1) is 4.64. The topological polar surface area (TPSA) is 191 Å². The van der Waals surface area contributed by atoms with Crippen LogP contribution < -0.4 is 6.15 Å². The van der Waals surface area contributed by atoms with Crippen LogP contribution in [-0.2, 0) is 27.7 Å². The average Bonchev–Trinajstić information content (AvgIpc) is 1.59. The van der Waals surface area contributed by atoms with Crippen molar-refractivity contribution in [1.29, 1.82) is 0 Å². The van der Waals surface area contributed by atoms with Gasteiger partial charge >= 0.3 is 44.8 Å². The van der Waals surface area contributed by atoms with Crippen LogP contribution in [0.2, 0.25) is 0 Å². The second-order valence-electron chi connectivity index (χ2n) is 1.21. The van der Waals surface area contributed by atoms with Gasteiger partial charge in [-0.05, 0) is 0 Å². The van der Waals surface area contributed by atoms with Gasteiger partial charge < -0.3 is 16.4 Å². The van der Waals surface area contributed by atoms with Crippen LogP contribution in [0.15, 0.2) is 0 Å². The Morgan fingerprint density at radius 1 is 0.833 bits per heavy atom. The van der Waals surface area contributed by atoms with Crippen molar-refractivity contribution in [2.75, 3.05) is 0 Å².